The highest BCUT2D eigenvalue weighted by Crippen LogP contribution is 2.30. The predicted octanol–water partition coefficient (Wildman–Crippen LogP) is 0.948. The SMILES string of the molecule is CCCCC(C(=O)ON1C(=O)CCC1=O)C1C(=O)CCC1=O. The number of amides is 2. The third-order valence-corrected chi connectivity index (χ3v) is 4.07. The highest BCUT2D eigenvalue weighted by molar-refractivity contribution is 6.11. The van der Waals surface area contributed by atoms with Gasteiger partial charge in [0.2, 0.25) is 0 Å². The van der Waals surface area contributed by atoms with Crippen molar-refractivity contribution in [2.75, 3.05) is 0 Å². The fourth-order valence-electron chi connectivity index (χ4n) is 2.85. The van der Waals surface area contributed by atoms with Crippen LogP contribution in [0.1, 0.15) is 51.9 Å². The van der Waals surface area contributed by atoms with Crippen molar-refractivity contribution in [1.29, 1.82) is 0 Å². The maximum atomic E-state index is 12.3. The number of ketones is 2. The Labute approximate surface area is 127 Å². The van der Waals surface area contributed by atoms with Crippen LogP contribution in [0, 0.1) is 11.8 Å². The lowest BCUT2D eigenvalue weighted by atomic mass is 9.85. The number of unbranched alkanes of at least 4 members (excludes halogenated alkanes) is 1. The van der Waals surface area contributed by atoms with Gasteiger partial charge in [-0.05, 0) is 6.42 Å². The zero-order chi connectivity index (χ0) is 16.3. The van der Waals surface area contributed by atoms with E-state index in [2.05, 4.69) is 0 Å². The third kappa shape index (κ3) is 3.23. The molecule has 2 fully saturated rings. The molecule has 1 atom stereocenters. The zero-order valence-corrected chi connectivity index (χ0v) is 12.5. The molecule has 0 aromatic heterocycles. The van der Waals surface area contributed by atoms with E-state index in [0.29, 0.717) is 17.9 Å². The number of hydroxylamine groups is 2. The molecule has 0 radical (unpaired) electrons. The molecule has 0 N–H and O–H groups in total. The molecule has 1 saturated heterocycles. The van der Waals surface area contributed by atoms with Crippen LogP contribution in [-0.2, 0) is 28.8 Å². The van der Waals surface area contributed by atoms with Gasteiger partial charge in [-0.2, -0.15) is 0 Å². The summed E-state index contributed by atoms with van der Waals surface area (Å²) in [5, 5.41) is 0.463. The second-order valence-corrected chi connectivity index (χ2v) is 5.65. The van der Waals surface area contributed by atoms with Gasteiger partial charge >= 0.3 is 5.97 Å². The van der Waals surface area contributed by atoms with E-state index in [4.69, 9.17) is 4.84 Å². The van der Waals surface area contributed by atoms with Crippen molar-refractivity contribution < 1.29 is 28.8 Å². The summed E-state index contributed by atoms with van der Waals surface area (Å²) < 4.78 is 0. The van der Waals surface area contributed by atoms with Crippen molar-refractivity contribution in [2.24, 2.45) is 11.8 Å². The van der Waals surface area contributed by atoms with Gasteiger partial charge in [-0.15, -0.1) is 5.06 Å². The molecule has 0 aromatic carbocycles. The number of nitrogens with zero attached hydrogens (tertiary/aromatic N) is 1. The lowest BCUT2D eigenvalue weighted by molar-refractivity contribution is -0.202. The van der Waals surface area contributed by atoms with Crippen LogP contribution >= 0.6 is 0 Å². The van der Waals surface area contributed by atoms with E-state index in [-0.39, 0.29) is 37.2 Å². The third-order valence-electron chi connectivity index (χ3n) is 4.07. The summed E-state index contributed by atoms with van der Waals surface area (Å²) in [4.78, 5) is 64.0. The molecule has 2 rings (SSSR count). The van der Waals surface area contributed by atoms with Crippen molar-refractivity contribution in [3.63, 3.8) is 0 Å². The molecular formula is C15H19NO6. The van der Waals surface area contributed by atoms with Gasteiger partial charge in [-0.1, -0.05) is 19.8 Å². The largest absolute Gasteiger partial charge is 0.337 e. The molecular weight excluding hydrogens is 290 g/mol. The summed E-state index contributed by atoms with van der Waals surface area (Å²) in [6.45, 7) is 1.92. The van der Waals surface area contributed by atoms with E-state index in [9.17, 15) is 24.0 Å². The fourth-order valence-corrected chi connectivity index (χ4v) is 2.85. The van der Waals surface area contributed by atoms with Crippen molar-refractivity contribution >= 4 is 29.4 Å². The number of rotatable bonds is 6. The van der Waals surface area contributed by atoms with E-state index in [1.807, 2.05) is 6.92 Å². The quantitative estimate of drug-likeness (QED) is 0.535. The minimum atomic E-state index is -0.994. The maximum absolute atomic E-state index is 12.3. The number of hydrogen-bond donors (Lipinski definition) is 0. The van der Waals surface area contributed by atoms with Crippen LogP contribution in [0.5, 0.6) is 0 Å². The first-order chi connectivity index (χ1) is 10.5. The first-order valence-electron chi connectivity index (χ1n) is 7.58. The van der Waals surface area contributed by atoms with Crippen molar-refractivity contribution in [2.45, 2.75) is 51.9 Å². The average molecular weight is 309 g/mol. The minimum Gasteiger partial charge on any atom is -0.330 e. The number of imide groups is 1. The van der Waals surface area contributed by atoms with E-state index in [1.165, 1.54) is 0 Å². The molecule has 1 aliphatic heterocycles. The Kier molecular flexibility index (Phi) is 5.05. The fraction of sp³-hybridized carbons (Fsp3) is 0.667. The molecule has 2 amide bonds. The molecule has 1 heterocycles. The molecule has 22 heavy (non-hydrogen) atoms. The molecule has 1 aliphatic carbocycles. The van der Waals surface area contributed by atoms with Crippen molar-refractivity contribution in [3.8, 4) is 0 Å². The first-order valence-corrected chi connectivity index (χ1v) is 7.58. The minimum absolute atomic E-state index is 0.00697. The predicted molar refractivity (Wildman–Crippen MR) is 72.9 cm³/mol. The van der Waals surface area contributed by atoms with Crippen molar-refractivity contribution in [3.05, 3.63) is 0 Å². The molecule has 7 nitrogen and oxygen atoms in total. The number of carbonyl (C=O) groups is 5. The average Bonchev–Trinajstić information content (AvgIpc) is 2.97. The second kappa shape index (κ2) is 6.81. The summed E-state index contributed by atoms with van der Waals surface area (Å²) in [7, 11) is 0. The lowest BCUT2D eigenvalue weighted by Gasteiger charge is -2.21. The summed E-state index contributed by atoms with van der Waals surface area (Å²) in [6.07, 6.45) is 2.06. The monoisotopic (exact) mass is 309 g/mol. The normalized spacial score (nSPS) is 20.9. The van der Waals surface area contributed by atoms with Crippen LogP contribution in [0.15, 0.2) is 0 Å². The Bertz CT molecular complexity index is 494. The van der Waals surface area contributed by atoms with Crippen LogP contribution in [0.3, 0.4) is 0 Å². The summed E-state index contributed by atoms with van der Waals surface area (Å²) in [5.41, 5.74) is 0. The van der Waals surface area contributed by atoms with Gasteiger partial charge < -0.3 is 4.84 Å². The van der Waals surface area contributed by atoms with Crippen molar-refractivity contribution in [1.82, 2.24) is 5.06 Å². The second-order valence-electron chi connectivity index (χ2n) is 5.65. The van der Waals surface area contributed by atoms with E-state index < -0.39 is 29.6 Å². The van der Waals surface area contributed by atoms with Gasteiger partial charge in [0.1, 0.15) is 11.6 Å². The molecule has 7 heteroatoms. The van der Waals surface area contributed by atoms with E-state index >= 15 is 0 Å². The number of hydrogen-bond acceptors (Lipinski definition) is 6. The molecule has 0 spiro atoms. The molecule has 0 bridgehead atoms. The van der Waals surface area contributed by atoms with E-state index in [1.54, 1.807) is 0 Å². The lowest BCUT2D eigenvalue weighted by Crippen LogP contribution is -2.39. The standard InChI is InChI=1S/C15H19NO6/c1-2-3-4-9(14-10(17)5-6-11(14)18)15(21)22-16-12(19)7-8-13(16)20/h9,14H,2-8H2,1H3. The summed E-state index contributed by atoms with van der Waals surface area (Å²) in [6, 6.07) is 0. The number of Topliss-reactive ketones (excluding diaryl/α,β-unsaturated/α-hetero) is 2. The van der Waals surface area contributed by atoms with Gasteiger partial charge in [0, 0.05) is 25.7 Å². The zero-order valence-electron chi connectivity index (χ0n) is 12.5. The smallest absolute Gasteiger partial charge is 0.330 e. The molecule has 120 valence electrons. The Morgan fingerprint density at radius 1 is 1.09 bits per heavy atom. The molecule has 1 unspecified atom stereocenters. The number of carbonyl (C=O) groups excluding carboxylic acids is 5. The molecule has 1 saturated carbocycles. The van der Waals surface area contributed by atoms with Crippen LogP contribution in [0.4, 0.5) is 0 Å². The van der Waals surface area contributed by atoms with Crippen LogP contribution in [0.25, 0.3) is 0 Å². The summed E-state index contributed by atoms with van der Waals surface area (Å²) in [5.74, 6) is -4.42. The Morgan fingerprint density at radius 2 is 1.64 bits per heavy atom. The van der Waals surface area contributed by atoms with Crippen LogP contribution < -0.4 is 0 Å². The maximum Gasteiger partial charge on any atom is 0.337 e. The van der Waals surface area contributed by atoms with Gasteiger partial charge in [0.05, 0.1) is 11.8 Å². The Hall–Kier alpha value is -2.05. The summed E-state index contributed by atoms with van der Waals surface area (Å²) >= 11 is 0. The van der Waals surface area contributed by atoms with Gasteiger partial charge in [-0.3, -0.25) is 19.2 Å². The van der Waals surface area contributed by atoms with Crippen LogP contribution in [-0.4, -0.2) is 34.4 Å². The highest BCUT2D eigenvalue weighted by atomic mass is 16.7. The van der Waals surface area contributed by atoms with E-state index in [0.717, 1.165) is 6.42 Å². The molecule has 0 aromatic rings. The topological polar surface area (TPSA) is 97.8 Å². The van der Waals surface area contributed by atoms with Crippen LogP contribution in [0.2, 0.25) is 0 Å². The first kappa shape index (κ1) is 16.3. The van der Waals surface area contributed by atoms with Gasteiger partial charge in [0.25, 0.3) is 11.8 Å². The highest BCUT2D eigenvalue weighted by Gasteiger charge is 2.44. The Balaban J connectivity index is 2.12. The Morgan fingerprint density at radius 3 is 2.14 bits per heavy atom. The van der Waals surface area contributed by atoms with Gasteiger partial charge in [-0.25, -0.2) is 4.79 Å². The van der Waals surface area contributed by atoms with Gasteiger partial charge in [0.15, 0.2) is 0 Å². The molecule has 2 aliphatic rings.